The number of piperidine rings is 1. The van der Waals surface area contributed by atoms with Crippen LogP contribution >= 0.6 is 0 Å². The van der Waals surface area contributed by atoms with E-state index in [1.54, 1.807) is 26.0 Å². The summed E-state index contributed by atoms with van der Waals surface area (Å²) in [6.45, 7) is 5.04. The van der Waals surface area contributed by atoms with Crippen molar-refractivity contribution in [3.05, 3.63) is 29.3 Å². The summed E-state index contributed by atoms with van der Waals surface area (Å²) in [5.41, 5.74) is 0.870. The zero-order valence-corrected chi connectivity index (χ0v) is 12.5. The highest BCUT2D eigenvalue weighted by atomic mass is 16.5. The van der Waals surface area contributed by atoms with Crippen LogP contribution in [0.5, 0.6) is 5.75 Å². The number of carboxylic acids is 1. The van der Waals surface area contributed by atoms with Crippen LogP contribution in [-0.4, -0.2) is 41.1 Å². The Morgan fingerprint density at radius 1 is 1.24 bits per heavy atom. The SMILES string of the molecule is Cc1cc(OC(C)C(=O)N2CCCCC2)ccc1C(=O)O. The van der Waals surface area contributed by atoms with Crippen LogP contribution in [0.4, 0.5) is 0 Å². The first kappa shape index (κ1) is 15.4. The molecule has 0 spiro atoms. The van der Waals surface area contributed by atoms with Gasteiger partial charge in [0.25, 0.3) is 5.91 Å². The number of carbonyl (C=O) groups excluding carboxylic acids is 1. The fraction of sp³-hybridized carbons (Fsp3) is 0.500. The number of ether oxygens (including phenoxy) is 1. The Hall–Kier alpha value is -2.04. The third-order valence-electron chi connectivity index (χ3n) is 3.76. The Balaban J connectivity index is 2.01. The maximum absolute atomic E-state index is 12.3. The number of aromatic carboxylic acids is 1. The normalized spacial score (nSPS) is 16.4. The quantitative estimate of drug-likeness (QED) is 0.925. The van der Waals surface area contributed by atoms with Crippen LogP contribution in [0.25, 0.3) is 0 Å². The maximum Gasteiger partial charge on any atom is 0.335 e. The molecule has 2 rings (SSSR count). The molecule has 5 heteroatoms. The lowest BCUT2D eigenvalue weighted by molar-refractivity contribution is -0.138. The number of benzene rings is 1. The summed E-state index contributed by atoms with van der Waals surface area (Å²) in [6, 6.07) is 4.75. The van der Waals surface area contributed by atoms with Gasteiger partial charge < -0.3 is 14.7 Å². The van der Waals surface area contributed by atoms with E-state index in [4.69, 9.17) is 9.84 Å². The van der Waals surface area contributed by atoms with Crippen molar-refractivity contribution >= 4 is 11.9 Å². The van der Waals surface area contributed by atoms with Crippen molar-refractivity contribution in [2.45, 2.75) is 39.2 Å². The third-order valence-corrected chi connectivity index (χ3v) is 3.76. The Labute approximate surface area is 124 Å². The molecule has 1 aliphatic heterocycles. The van der Waals surface area contributed by atoms with Crippen molar-refractivity contribution in [3.8, 4) is 5.75 Å². The molecule has 0 bridgehead atoms. The van der Waals surface area contributed by atoms with Crippen LogP contribution in [0.3, 0.4) is 0 Å². The van der Waals surface area contributed by atoms with Crippen molar-refractivity contribution < 1.29 is 19.4 Å². The van der Waals surface area contributed by atoms with E-state index in [0.29, 0.717) is 11.3 Å². The van der Waals surface area contributed by atoms with E-state index in [-0.39, 0.29) is 11.5 Å². The molecular weight excluding hydrogens is 270 g/mol. The fourth-order valence-corrected chi connectivity index (χ4v) is 2.58. The number of carboxylic acid groups (broad SMARTS) is 1. The maximum atomic E-state index is 12.3. The average molecular weight is 291 g/mol. The zero-order chi connectivity index (χ0) is 15.4. The number of rotatable bonds is 4. The molecule has 1 N–H and O–H groups in total. The second-order valence-electron chi connectivity index (χ2n) is 5.43. The molecule has 21 heavy (non-hydrogen) atoms. The smallest absolute Gasteiger partial charge is 0.335 e. The van der Waals surface area contributed by atoms with E-state index in [2.05, 4.69) is 0 Å². The Morgan fingerprint density at radius 2 is 1.90 bits per heavy atom. The van der Waals surface area contributed by atoms with Gasteiger partial charge in [-0.05, 0) is 56.9 Å². The largest absolute Gasteiger partial charge is 0.481 e. The molecular formula is C16H21NO4. The molecule has 1 heterocycles. The van der Waals surface area contributed by atoms with E-state index in [9.17, 15) is 9.59 Å². The van der Waals surface area contributed by atoms with Gasteiger partial charge in [0, 0.05) is 13.1 Å². The van der Waals surface area contributed by atoms with Crippen molar-refractivity contribution in [2.24, 2.45) is 0 Å². The summed E-state index contributed by atoms with van der Waals surface area (Å²) in [4.78, 5) is 25.1. The fourth-order valence-electron chi connectivity index (χ4n) is 2.58. The average Bonchev–Trinajstić information content (AvgIpc) is 2.47. The van der Waals surface area contributed by atoms with Gasteiger partial charge in [-0.3, -0.25) is 4.79 Å². The van der Waals surface area contributed by atoms with Gasteiger partial charge in [-0.25, -0.2) is 4.79 Å². The number of hydrogen-bond acceptors (Lipinski definition) is 3. The van der Waals surface area contributed by atoms with Gasteiger partial charge in [0.2, 0.25) is 0 Å². The molecule has 1 atom stereocenters. The molecule has 114 valence electrons. The molecule has 1 aromatic rings. The molecule has 1 saturated heterocycles. The number of hydrogen-bond donors (Lipinski definition) is 1. The molecule has 1 aromatic carbocycles. The second-order valence-corrected chi connectivity index (χ2v) is 5.43. The summed E-state index contributed by atoms with van der Waals surface area (Å²) in [6.07, 6.45) is 2.71. The lowest BCUT2D eigenvalue weighted by Gasteiger charge is -2.29. The highest BCUT2D eigenvalue weighted by molar-refractivity contribution is 5.89. The Kier molecular flexibility index (Phi) is 4.83. The second kappa shape index (κ2) is 6.61. The monoisotopic (exact) mass is 291 g/mol. The Bertz CT molecular complexity index is 535. The first-order valence-corrected chi connectivity index (χ1v) is 7.28. The first-order chi connectivity index (χ1) is 9.99. The van der Waals surface area contributed by atoms with Crippen molar-refractivity contribution in [1.29, 1.82) is 0 Å². The predicted octanol–water partition coefficient (Wildman–Crippen LogP) is 2.47. The van der Waals surface area contributed by atoms with Crippen LogP contribution in [0.1, 0.15) is 42.1 Å². The summed E-state index contributed by atoms with van der Waals surface area (Å²) in [5, 5.41) is 9.00. The van der Waals surface area contributed by atoms with Gasteiger partial charge in [0.15, 0.2) is 6.10 Å². The minimum Gasteiger partial charge on any atom is -0.481 e. The highest BCUT2D eigenvalue weighted by Crippen LogP contribution is 2.19. The molecule has 5 nitrogen and oxygen atoms in total. The summed E-state index contributed by atoms with van der Waals surface area (Å²) in [7, 11) is 0. The van der Waals surface area contributed by atoms with E-state index >= 15 is 0 Å². The lowest BCUT2D eigenvalue weighted by atomic mass is 10.1. The lowest BCUT2D eigenvalue weighted by Crippen LogP contribution is -2.43. The molecule has 1 unspecified atom stereocenters. The topological polar surface area (TPSA) is 66.8 Å². The summed E-state index contributed by atoms with van der Waals surface area (Å²) in [5.74, 6) is -0.443. The van der Waals surface area contributed by atoms with Crippen LogP contribution in [0.2, 0.25) is 0 Å². The van der Waals surface area contributed by atoms with E-state index < -0.39 is 12.1 Å². The molecule has 0 saturated carbocycles. The number of amides is 1. The molecule has 0 aromatic heterocycles. The summed E-state index contributed by atoms with van der Waals surface area (Å²) < 4.78 is 5.66. The van der Waals surface area contributed by atoms with Gasteiger partial charge in [0.05, 0.1) is 5.56 Å². The van der Waals surface area contributed by atoms with Gasteiger partial charge in [-0.15, -0.1) is 0 Å². The Morgan fingerprint density at radius 3 is 2.48 bits per heavy atom. The highest BCUT2D eigenvalue weighted by Gasteiger charge is 2.23. The molecule has 0 aliphatic carbocycles. The molecule has 1 amide bonds. The predicted molar refractivity (Wildman–Crippen MR) is 78.7 cm³/mol. The van der Waals surface area contributed by atoms with Crippen LogP contribution in [0.15, 0.2) is 18.2 Å². The van der Waals surface area contributed by atoms with Crippen molar-refractivity contribution in [3.63, 3.8) is 0 Å². The third kappa shape index (κ3) is 3.74. The molecule has 0 radical (unpaired) electrons. The van der Waals surface area contributed by atoms with E-state index in [0.717, 1.165) is 25.9 Å². The van der Waals surface area contributed by atoms with Gasteiger partial charge >= 0.3 is 5.97 Å². The molecule has 1 fully saturated rings. The van der Waals surface area contributed by atoms with Gasteiger partial charge in [0.1, 0.15) is 5.75 Å². The van der Waals surface area contributed by atoms with Crippen LogP contribution in [-0.2, 0) is 4.79 Å². The minimum atomic E-state index is -0.962. The minimum absolute atomic E-state index is 0.00494. The zero-order valence-electron chi connectivity index (χ0n) is 12.5. The van der Waals surface area contributed by atoms with Crippen LogP contribution in [0, 0.1) is 6.92 Å². The summed E-state index contributed by atoms with van der Waals surface area (Å²) >= 11 is 0. The first-order valence-electron chi connectivity index (χ1n) is 7.28. The van der Waals surface area contributed by atoms with E-state index in [1.165, 1.54) is 12.5 Å². The van der Waals surface area contributed by atoms with Crippen molar-refractivity contribution in [2.75, 3.05) is 13.1 Å². The van der Waals surface area contributed by atoms with E-state index in [1.807, 2.05) is 4.90 Å². The standard InChI is InChI=1S/C16H21NO4/c1-11-10-13(6-7-14(11)16(19)20)21-12(2)15(18)17-8-4-3-5-9-17/h6-7,10,12H,3-5,8-9H2,1-2H3,(H,19,20). The number of carbonyl (C=O) groups is 2. The number of aryl methyl sites for hydroxylation is 1. The van der Waals surface area contributed by atoms with Gasteiger partial charge in [-0.1, -0.05) is 0 Å². The van der Waals surface area contributed by atoms with Gasteiger partial charge in [-0.2, -0.15) is 0 Å². The van der Waals surface area contributed by atoms with Crippen molar-refractivity contribution in [1.82, 2.24) is 4.90 Å². The number of likely N-dealkylation sites (tertiary alicyclic amines) is 1. The number of nitrogens with zero attached hydrogens (tertiary/aromatic N) is 1. The molecule has 1 aliphatic rings. The van der Waals surface area contributed by atoms with Crippen LogP contribution < -0.4 is 4.74 Å².